The summed E-state index contributed by atoms with van der Waals surface area (Å²) in [5.74, 6) is 0.427. The van der Waals surface area contributed by atoms with Crippen molar-refractivity contribution < 1.29 is 0 Å². The SMILES string of the molecule is C/C=C\C(/C=C/C)c1ccccc1. The van der Waals surface area contributed by atoms with Crippen molar-refractivity contribution in [1.29, 1.82) is 0 Å². The van der Waals surface area contributed by atoms with Gasteiger partial charge in [0.2, 0.25) is 0 Å². The van der Waals surface area contributed by atoms with Crippen LogP contribution < -0.4 is 0 Å². The summed E-state index contributed by atoms with van der Waals surface area (Å²) in [4.78, 5) is 0. The first kappa shape index (κ1) is 9.79. The fourth-order valence-electron chi connectivity index (χ4n) is 1.38. The zero-order valence-corrected chi connectivity index (χ0v) is 8.27. The van der Waals surface area contributed by atoms with Gasteiger partial charge in [0.1, 0.15) is 0 Å². The summed E-state index contributed by atoms with van der Waals surface area (Å²) < 4.78 is 0. The van der Waals surface area contributed by atoms with Crippen LogP contribution in [0.15, 0.2) is 54.6 Å². The molecule has 0 radical (unpaired) electrons. The Balaban J connectivity index is 2.88. The number of hydrogen-bond acceptors (Lipinski definition) is 0. The van der Waals surface area contributed by atoms with Crippen LogP contribution in [0.3, 0.4) is 0 Å². The van der Waals surface area contributed by atoms with Crippen molar-refractivity contribution in [3.8, 4) is 0 Å². The van der Waals surface area contributed by atoms with E-state index in [1.165, 1.54) is 5.56 Å². The number of hydrogen-bond donors (Lipinski definition) is 0. The van der Waals surface area contributed by atoms with E-state index in [1.54, 1.807) is 0 Å². The highest BCUT2D eigenvalue weighted by molar-refractivity contribution is 5.28. The summed E-state index contributed by atoms with van der Waals surface area (Å²) in [6.07, 6.45) is 8.60. The van der Waals surface area contributed by atoms with E-state index in [1.807, 2.05) is 6.07 Å². The van der Waals surface area contributed by atoms with E-state index in [2.05, 4.69) is 62.4 Å². The third-order valence-electron chi connectivity index (χ3n) is 1.98. The predicted octanol–water partition coefficient (Wildman–Crippen LogP) is 3.92. The van der Waals surface area contributed by atoms with Crippen molar-refractivity contribution in [2.75, 3.05) is 0 Å². The number of rotatable bonds is 3. The lowest BCUT2D eigenvalue weighted by Gasteiger charge is -2.06. The highest BCUT2D eigenvalue weighted by Gasteiger charge is 2.00. The van der Waals surface area contributed by atoms with Crippen molar-refractivity contribution in [3.63, 3.8) is 0 Å². The van der Waals surface area contributed by atoms with Gasteiger partial charge in [-0.3, -0.25) is 0 Å². The minimum Gasteiger partial charge on any atom is -0.0907 e. The first-order valence-corrected chi connectivity index (χ1v) is 4.69. The summed E-state index contributed by atoms with van der Waals surface area (Å²) in [5.41, 5.74) is 1.35. The van der Waals surface area contributed by atoms with Crippen LogP contribution in [0.4, 0.5) is 0 Å². The fourth-order valence-corrected chi connectivity index (χ4v) is 1.38. The molecule has 68 valence electrons. The van der Waals surface area contributed by atoms with Crippen molar-refractivity contribution in [2.24, 2.45) is 0 Å². The van der Waals surface area contributed by atoms with Gasteiger partial charge in [-0.2, -0.15) is 0 Å². The highest BCUT2D eigenvalue weighted by Crippen LogP contribution is 2.18. The minimum absolute atomic E-state index is 0.427. The molecule has 0 N–H and O–H groups in total. The maximum atomic E-state index is 2.20. The summed E-state index contributed by atoms with van der Waals surface area (Å²) in [6, 6.07) is 10.5. The van der Waals surface area contributed by atoms with E-state index in [0.29, 0.717) is 5.92 Å². The molecule has 0 aromatic heterocycles. The number of allylic oxidation sites excluding steroid dienone is 4. The zero-order valence-electron chi connectivity index (χ0n) is 8.27. The van der Waals surface area contributed by atoms with Crippen LogP contribution >= 0.6 is 0 Å². The van der Waals surface area contributed by atoms with Gasteiger partial charge >= 0.3 is 0 Å². The monoisotopic (exact) mass is 172 g/mol. The first-order chi connectivity index (χ1) is 6.38. The Labute approximate surface area is 80.6 Å². The Morgan fingerprint density at radius 1 is 0.923 bits per heavy atom. The summed E-state index contributed by atoms with van der Waals surface area (Å²) in [7, 11) is 0. The molecule has 0 heteroatoms. The van der Waals surface area contributed by atoms with Gasteiger partial charge in [-0.1, -0.05) is 54.6 Å². The molecule has 0 heterocycles. The minimum atomic E-state index is 0.427. The third-order valence-corrected chi connectivity index (χ3v) is 1.98. The van der Waals surface area contributed by atoms with Gasteiger partial charge in [-0.05, 0) is 19.4 Å². The molecular weight excluding hydrogens is 156 g/mol. The average molecular weight is 172 g/mol. The Bertz CT molecular complexity index is 268. The molecule has 1 aromatic carbocycles. The Hall–Kier alpha value is -1.30. The van der Waals surface area contributed by atoms with E-state index >= 15 is 0 Å². The van der Waals surface area contributed by atoms with Gasteiger partial charge in [-0.15, -0.1) is 0 Å². The lowest BCUT2D eigenvalue weighted by molar-refractivity contribution is 1.07. The summed E-state index contributed by atoms with van der Waals surface area (Å²) >= 11 is 0. The van der Waals surface area contributed by atoms with Crippen LogP contribution in [0, 0.1) is 0 Å². The van der Waals surface area contributed by atoms with Gasteiger partial charge in [0, 0.05) is 5.92 Å². The van der Waals surface area contributed by atoms with Crippen LogP contribution in [-0.4, -0.2) is 0 Å². The third kappa shape index (κ3) is 2.90. The van der Waals surface area contributed by atoms with Crippen molar-refractivity contribution >= 4 is 0 Å². The molecular formula is C13H16. The molecule has 1 rings (SSSR count). The first-order valence-electron chi connectivity index (χ1n) is 4.69. The van der Waals surface area contributed by atoms with Crippen molar-refractivity contribution in [2.45, 2.75) is 19.8 Å². The summed E-state index contributed by atoms with van der Waals surface area (Å²) in [6.45, 7) is 4.11. The molecule has 0 aliphatic rings. The molecule has 0 spiro atoms. The fraction of sp³-hybridized carbons (Fsp3) is 0.231. The summed E-state index contributed by atoms with van der Waals surface area (Å²) in [5, 5.41) is 0. The second kappa shape index (κ2) is 5.36. The highest BCUT2D eigenvalue weighted by atomic mass is 14.0. The molecule has 1 unspecified atom stereocenters. The topological polar surface area (TPSA) is 0 Å². The van der Waals surface area contributed by atoms with Gasteiger partial charge < -0.3 is 0 Å². The molecule has 0 amide bonds. The smallest absolute Gasteiger partial charge is 0.0198 e. The largest absolute Gasteiger partial charge is 0.0907 e. The lowest BCUT2D eigenvalue weighted by Crippen LogP contribution is -1.89. The Morgan fingerprint density at radius 3 is 1.92 bits per heavy atom. The van der Waals surface area contributed by atoms with E-state index in [-0.39, 0.29) is 0 Å². The van der Waals surface area contributed by atoms with Gasteiger partial charge in [-0.25, -0.2) is 0 Å². The normalized spacial score (nSPS) is 14.0. The van der Waals surface area contributed by atoms with Crippen molar-refractivity contribution in [1.82, 2.24) is 0 Å². The second-order valence-electron chi connectivity index (χ2n) is 2.99. The molecule has 1 atom stereocenters. The molecule has 0 aliphatic heterocycles. The molecule has 0 fully saturated rings. The van der Waals surface area contributed by atoms with E-state index in [4.69, 9.17) is 0 Å². The van der Waals surface area contributed by atoms with E-state index in [0.717, 1.165) is 0 Å². The van der Waals surface area contributed by atoms with E-state index < -0.39 is 0 Å². The Kier molecular flexibility index (Phi) is 4.04. The maximum Gasteiger partial charge on any atom is 0.0198 e. The van der Waals surface area contributed by atoms with Crippen LogP contribution in [0.2, 0.25) is 0 Å². The Morgan fingerprint density at radius 2 is 1.46 bits per heavy atom. The van der Waals surface area contributed by atoms with E-state index in [9.17, 15) is 0 Å². The quantitative estimate of drug-likeness (QED) is 0.606. The maximum absolute atomic E-state index is 2.20. The molecule has 1 aromatic rings. The molecule has 0 saturated heterocycles. The molecule has 0 aliphatic carbocycles. The van der Waals surface area contributed by atoms with Gasteiger partial charge in [0.25, 0.3) is 0 Å². The molecule has 0 saturated carbocycles. The predicted molar refractivity (Wildman–Crippen MR) is 58.8 cm³/mol. The van der Waals surface area contributed by atoms with Crippen LogP contribution in [0.25, 0.3) is 0 Å². The van der Waals surface area contributed by atoms with Crippen LogP contribution in [0.1, 0.15) is 25.3 Å². The standard InChI is InChI=1S/C13H16/c1-3-8-12(9-4-2)13-10-6-5-7-11-13/h3-12H,1-2H3/b8-3-,9-4+. The second-order valence-corrected chi connectivity index (χ2v) is 2.99. The molecule has 0 nitrogen and oxygen atoms in total. The van der Waals surface area contributed by atoms with Crippen molar-refractivity contribution in [3.05, 3.63) is 60.2 Å². The van der Waals surface area contributed by atoms with Gasteiger partial charge in [0.15, 0.2) is 0 Å². The van der Waals surface area contributed by atoms with Crippen LogP contribution in [-0.2, 0) is 0 Å². The number of benzene rings is 1. The molecule has 13 heavy (non-hydrogen) atoms. The van der Waals surface area contributed by atoms with Gasteiger partial charge in [0.05, 0.1) is 0 Å². The molecule has 0 bridgehead atoms. The van der Waals surface area contributed by atoms with Crippen LogP contribution in [0.5, 0.6) is 0 Å². The lowest BCUT2D eigenvalue weighted by atomic mass is 9.98. The average Bonchev–Trinajstić information content (AvgIpc) is 2.19. The zero-order chi connectivity index (χ0) is 9.52.